The van der Waals surface area contributed by atoms with Crippen LogP contribution >= 0.6 is 0 Å². The van der Waals surface area contributed by atoms with Gasteiger partial charge in [0.2, 0.25) is 0 Å². The number of carbonyl (C=O) groups is 1. The smallest absolute Gasteiger partial charge is 0.271 e. The normalized spacial score (nSPS) is 19.5. The highest BCUT2D eigenvalue weighted by molar-refractivity contribution is 5.92. The number of hydrogen-bond acceptors (Lipinski definition) is 3. The lowest BCUT2D eigenvalue weighted by Gasteiger charge is -2.35. The van der Waals surface area contributed by atoms with E-state index in [-0.39, 0.29) is 17.6 Å². The summed E-state index contributed by atoms with van der Waals surface area (Å²) >= 11 is 0. The van der Waals surface area contributed by atoms with Gasteiger partial charge in [-0.2, -0.15) is 5.10 Å². The molecule has 26 heavy (non-hydrogen) atoms. The zero-order valence-electron chi connectivity index (χ0n) is 15.2. The number of nitrogens with zero attached hydrogens (tertiary/aromatic N) is 2. The van der Waals surface area contributed by atoms with Crippen molar-refractivity contribution in [3.8, 4) is 0 Å². The second-order valence-corrected chi connectivity index (χ2v) is 7.55. The van der Waals surface area contributed by atoms with Gasteiger partial charge in [0.15, 0.2) is 0 Å². The van der Waals surface area contributed by atoms with E-state index in [0.717, 1.165) is 24.1 Å². The molecule has 6 nitrogen and oxygen atoms in total. The molecular weight excluding hydrogens is 328 g/mol. The summed E-state index contributed by atoms with van der Waals surface area (Å²) in [6, 6.07) is 12.3. The van der Waals surface area contributed by atoms with Crippen molar-refractivity contribution in [3.05, 3.63) is 54.0 Å². The Morgan fingerprint density at radius 2 is 2.23 bits per heavy atom. The summed E-state index contributed by atoms with van der Waals surface area (Å²) in [4.78, 5) is 12.5. The fourth-order valence-corrected chi connectivity index (χ4v) is 3.64. The molecule has 1 aliphatic rings. The molecule has 136 valence electrons. The van der Waals surface area contributed by atoms with E-state index in [1.54, 1.807) is 0 Å². The van der Waals surface area contributed by atoms with Crippen molar-refractivity contribution in [2.24, 2.45) is 0 Å². The second kappa shape index (κ2) is 6.61. The van der Waals surface area contributed by atoms with E-state index < -0.39 is 0 Å². The lowest BCUT2D eigenvalue weighted by molar-refractivity contribution is -0.0615. The van der Waals surface area contributed by atoms with Crippen LogP contribution in [0.3, 0.4) is 0 Å². The molecule has 1 atom stereocenters. The fraction of sp³-hybridized carbons (Fsp3) is 0.400. The number of ether oxygens (including phenoxy) is 1. The first-order valence-corrected chi connectivity index (χ1v) is 9.03. The molecule has 2 aromatic heterocycles. The first kappa shape index (κ1) is 16.8. The van der Waals surface area contributed by atoms with Crippen molar-refractivity contribution >= 4 is 16.8 Å². The van der Waals surface area contributed by atoms with Gasteiger partial charge in [-0.3, -0.25) is 9.89 Å². The number of hydrogen-bond donors (Lipinski definition) is 2. The standard InChI is InChI=1S/C20H24N4O2/c1-20(2)12-15(8-10-26-20)21-19(25)17-11-16(22-23-17)13-24-9-7-14-5-3-4-6-18(14)24/h3-7,9,11,15H,8,10,12-13H2,1-2H3,(H,21,25)(H,22,23). The van der Waals surface area contributed by atoms with Crippen molar-refractivity contribution < 1.29 is 9.53 Å². The molecule has 3 heterocycles. The Balaban J connectivity index is 1.43. The van der Waals surface area contributed by atoms with Gasteiger partial charge >= 0.3 is 0 Å². The highest BCUT2D eigenvalue weighted by Gasteiger charge is 2.30. The van der Waals surface area contributed by atoms with Crippen LogP contribution in [-0.4, -0.2) is 38.9 Å². The highest BCUT2D eigenvalue weighted by Crippen LogP contribution is 2.24. The minimum absolute atomic E-state index is 0.125. The topological polar surface area (TPSA) is 71.9 Å². The van der Waals surface area contributed by atoms with Gasteiger partial charge in [-0.1, -0.05) is 18.2 Å². The number of aromatic amines is 1. The van der Waals surface area contributed by atoms with Crippen LogP contribution in [-0.2, 0) is 11.3 Å². The van der Waals surface area contributed by atoms with E-state index >= 15 is 0 Å². The van der Waals surface area contributed by atoms with Gasteiger partial charge in [0.25, 0.3) is 5.91 Å². The Labute approximate surface area is 152 Å². The summed E-state index contributed by atoms with van der Waals surface area (Å²) in [5, 5.41) is 11.5. The van der Waals surface area contributed by atoms with Gasteiger partial charge in [-0.25, -0.2) is 0 Å². The quantitative estimate of drug-likeness (QED) is 0.758. The van der Waals surface area contributed by atoms with Gasteiger partial charge in [-0.15, -0.1) is 0 Å². The largest absolute Gasteiger partial charge is 0.375 e. The predicted molar refractivity (Wildman–Crippen MR) is 100 cm³/mol. The Morgan fingerprint density at radius 3 is 3.08 bits per heavy atom. The number of para-hydroxylation sites is 1. The Bertz CT molecular complexity index is 925. The summed E-state index contributed by atoms with van der Waals surface area (Å²) in [6.07, 6.45) is 3.70. The fourth-order valence-electron chi connectivity index (χ4n) is 3.64. The third kappa shape index (κ3) is 3.51. The molecule has 0 spiro atoms. The molecule has 4 rings (SSSR count). The van der Waals surface area contributed by atoms with Gasteiger partial charge in [0.05, 0.1) is 17.8 Å². The number of amides is 1. The molecule has 0 saturated carbocycles. The number of nitrogens with one attached hydrogen (secondary N) is 2. The van der Waals surface area contributed by atoms with Crippen LogP contribution in [0.4, 0.5) is 0 Å². The number of aromatic nitrogens is 3. The lowest BCUT2D eigenvalue weighted by atomic mass is 9.94. The maximum Gasteiger partial charge on any atom is 0.271 e. The van der Waals surface area contributed by atoms with E-state index in [1.165, 1.54) is 5.39 Å². The Morgan fingerprint density at radius 1 is 1.38 bits per heavy atom. The molecule has 0 bridgehead atoms. The molecule has 0 aliphatic carbocycles. The summed E-state index contributed by atoms with van der Waals surface area (Å²) in [5.74, 6) is -0.132. The zero-order valence-corrected chi connectivity index (χ0v) is 15.2. The number of fused-ring (bicyclic) bond motifs is 1. The van der Waals surface area contributed by atoms with Crippen molar-refractivity contribution in [3.63, 3.8) is 0 Å². The van der Waals surface area contributed by atoms with Crippen molar-refractivity contribution in [1.29, 1.82) is 0 Å². The molecule has 1 aliphatic heterocycles. The molecule has 2 N–H and O–H groups in total. The van der Waals surface area contributed by atoms with Gasteiger partial charge in [0.1, 0.15) is 5.69 Å². The highest BCUT2D eigenvalue weighted by atomic mass is 16.5. The maximum atomic E-state index is 12.5. The monoisotopic (exact) mass is 352 g/mol. The molecule has 6 heteroatoms. The molecule has 0 radical (unpaired) electrons. The molecular formula is C20H24N4O2. The van der Waals surface area contributed by atoms with Gasteiger partial charge in [-0.05, 0) is 50.3 Å². The van der Waals surface area contributed by atoms with Crippen LogP contribution in [0.25, 0.3) is 10.9 Å². The van der Waals surface area contributed by atoms with E-state index in [1.807, 2.05) is 18.2 Å². The average molecular weight is 352 g/mol. The Hall–Kier alpha value is -2.60. The van der Waals surface area contributed by atoms with Crippen LogP contribution in [0, 0.1) is 0 Å². The van der Waals surface area contributed by atoms with Crippen LogP contribution in [0.2, 0.25) is 0 Å². The van der Waals surface area contributed by atoms with E-state index in [2.05, 4.69) is 58.3 Å². The molecule has 1 amide bonds. The molecule has 3 aromatic rings. The first-order valence-electron chi connectivity index (χ1n) is 9.03. The number of H-pyrrole nitrogens is 1. The first-order chi connectivity index (χ1) is 12.5. The van der Waals surface area contributed by atoms with Gasteiger partial charge < -0.3 is 14.6 Å². The average Bonchev–Trinajstić information content (AvgIpc) is 3.22. The number of benzene rings is 1. The predicted octanol–water partition coefficient (Wildman–Crippen LogP) is 3.10. The third-order valence-corrected chi connectivity index (χ3v) is 4.92. The summed E-state index contributed by atoms with van der Waals surface area (Å²) in [7, 11) is 0. The van der Waals surface area contributed by atoms with Crippen LogP contribution < -0.4 is 5.32 Å². The minimum Gasteiger partial charge on any atom is -0.375 e. The number of rotatable bonds is 4. The molecule has 1 aromatic carbocycles. The molecule has 1 fully saturated rings. The van der Waals surface area contributed by atoms with E-state index in [0.29, 0.717) is 18.8 Å². The lowest BCUT2D eigenvalue weighted by Crippen LogP contribution is -2.45. The summed E-state index contributed by atoms with van der Waals surface area (Å²) < 4.78 is 7.85. The summed E-state index contributed by atoms with van der Waals surface area (Å²) in [5.41, 5.74) is 2.31. The molecule has 1 unspecified atom stereocenters. The van der Waals surface area contributed by atoms with E-state index in [9.17, 15) is 4.79 Å². The van der Waals surface area contributed by atoms with Crippen molar-refractivity contribution in [1.82, 2.24) is 20.1 Å². The van der Waals surface area contributed by atoms with Crippen LogP contribution in [0.5, 0.6) is 0 Å². The van der Waals surface area contributed by atoms with Crippen LogP contribution in [0.1, 0.15) is 42.9 Å². The second-order valence-electron chi connectivity index (χ2n) is 7.55. The molecule has 1 saturated heterocycles. The minimum atomic E-state index is -0.192. The zero-order chi connectivity index (χ0) is 18.1. The van der Waals surface area contributed by atoms with Gasteiger partial charge in [0, 0.05) is 24.4 Å². The summed E-state index contributed by atoms with van der Waals surface area (Å²) in [6.45, 7) is 5.43. The SMILES string of the molecule is CC1(C)CC(NC(=O)c2cc(Cn3ccc4ccccc43)[nH]n2)CCO1. The third-order valence-electron chi connectivity index (χ3n) is 4.92. The Kier molecular flexibility index (Phi) is 4.28. The van der Waals surface area contributed by atoms with Crippen LogP contribution in [0.15, 0.2) is 42.6 Å². The van der Waals surface area contributed by atoms with Crippen molar-refractivity contribution in [2.45, 2.75) is 44.9 Å². The van der Waals surface area contributed by atoms with E-state index in [4.69, 9.17) is 4.74 Å². The van der Waals surface area contributed by atoms with Crippen molar-refractivity contribution in [2.75, 3.05) is 6.61 Å². The maximum absolute atomic E-state index is 12.5. The number of carbonyl (C=O) groups excluding carboxylic acids is 1.